The van der Waals surface area contributed by atoms with Crippen LogP contribution in [-0.4, -0.2) is 48.0 Å². The van der Waals surface area contributed by atoms with Crippen molar-refractivity contribution >= 4 is 11.7 Å². The Labute approximate surface area is 204 Å². The number of nitriles is 1. The van der Waals surface area contributed by atoms with Gasteiger partial charge < -0.3 is 15.5 Å². The van der Waals surface area contributed by atoms with Gasteiger partial charge in [0.15, 0.2) is 0 Å². The van der Waals surface area contributed by atoms with Gasteiger partial charge in [-0.2, -0.15) is 5.26 Å². The van der Waals surface area contributed by atoms with Crippen molar-refractivity contribution in [2.24, 2.45) is 5.73 Å². The lowest BCUT2D eigenvalue weighted by Gasteiger charge is -2.38. The highest BCUT2D eigenvalue weighted by Gasteiger charge is 2.42. The van der Waals surface area contributed by atoms with E-state index in [1.165, 1.54) is 12.1 Å². The van der Waals surface area contributed by atoms with Crippen LogP contribution in [0, 0.1) is 17.1 Å². The van der Waals surface area contributed by atoms with Gasteiger partial charge >= 0.3 is 0 Å². The highest BCUT2D eigenvalue weighted by Crippen LogP contribution is 2.38. The van der Waals surface area contributed by atoms with Crippen LogP contribution < -0.4 is 10.6 Å². The summed E-state index contributed by atoms with van der Waals surface area (Å²) in [6.45, 7) is 0. The molecule has 7 heteroatoms. The molecule has 3 atom stereocenters. The van der Waals surface area contributed by atoms with Crippen LogP contribution in [0.4, 0.5) is 10.2 Å². The fourth-order valence-corrected chi connectivity index (χ4v) is 5.45. The van der Waals surface area contributed by atoms with Crippen LogP contribution in [0.5, 0.6) is 0 Å². The zero-order valence-electron chi connectivity index (χ0n) is 19.9. The number of hydrogen-bond donors (Lipinski definition) is 1. The summed E-state index contributed by atoms with van der Waals surface area (Å²) < 4.78 is 14.6. The number of aromatic nitrogens is 1. The number of benzene rings is 2. The summed E-state index contributed by atoms with van der Waals surface area (Å²) in [5, 5.41) is 9.16. The van der Waals surface area contributed by atoms with Crippen molar-refractivity contribution in [3.63, 3.8) is 0 Å². The molecule has 178 valence electrons. The van der Waals surface area contributed by atoms with Crippen molar-refractivity contribution in [3.05, 3.63) is 71.7 Å². The molecular formula is C28H28FN5O. The quantitative estimate of drug-likeness (QED) is 0.604. The minimum atomic E-state index is -0.586. The lowest BCUT2D eigenvalue weighted by Crippen LogP contribution is -2.50. The summed E-state index contributed by atoms with van der Waals surface area (Å²) in [4.78, 5) is 22.1. The molecular weight excluding hydrogens is 441 g/mol. The monoisotopic (exact) mass is 469 g/mol. The number of piperidine rings is 1. The SMILES string of the molecule is CN(C)c1ccc(-c2ccc(C(=O)N3[C@@H]4CC[C@H]3C[C@@H](N)C4)cc2-c2ccc(C#N)c(F)c2)cn1. The number of rotatable bonds is 4. The number of fused-ring (bicyclic) bond motifs is 2. The minimum Gasteiger partial charge on any atom is -0.363 e. The van der Waals surface area contributed by atoms with E-state index in [1.807, 2.05) is 60.3 Å². The van der Waals surface area contributed by atoms with E-state index >= 15 is 0 Å². The standard InChI is InChI=1S/C28H28FN5O/c1-33(2)27-10-6-20(16-32-27)24-9-5-18(11-25(24)17-3-4-19(15-30)26(29)12-17)28(35)34-22-7-8-23(34)14-21(31)13-22/h3-6,9-12,16,21-23H,7-8,13-14,31H2,1-2H3/t21-,22+,23-. The molecule has 3 aromatic rings. The Morgan fingerprint density at radius 3 is 2.37 bits per heavy atom. The van der Waals surface area contributed by atoms with Crippen LogP contribution in [0.2, 0.25) is 0 Å². The Morgan fingerprint density at radius 1 is 1.06 bits per heavy atom. The van der Waals surface area contributed by atoms with Crippen LogP contribution in [0.3, 0.4) is 0 Å². The van der Waals surface area contributed by atoms with Crippen molar-refractivity contribution in [1.29, 1.82) is 5.26 Å². The first-order valence-electron chi connectivity index (χ1n) is 11.9. The molecule has 2 bridgehead atoms. The zero-order chi connectivity index (χ0) is 24.7. The van der Waals surface area contributed by atoms with Crippen molar-refractivity contribution in [2.75, 3.05) is 19.0 Å². The molecule has 2 saturated heterocycles. The average Bonchev–Trinajstić information content (AvgIpc) is 3.13. The van der Waals surface area contributed by atoms with Gasteiger partial charge in [0, 0.05) is 49.5 Å². The number of nitrogens with two attached hydrogens (primary N) is 1. The number of hydrogen-bond acceptors (Lipinski definition) is 5. The first-order chi connectivity index (χ1) is 16.9. The number of halogens is 1. The van der Waals surface area contributed by atoms with Gasteiger partial charge in [0.05, 0.1) is 5.56 Å². The molecule has 1 aromatic heterocycles. The molecule has 5 rings (SSSR count). The average molecular weight is 470 g/mol. The van der Waals surface area contributed by atoms with Gasteiger partial charge in [-0.15, -0.1) is 0 Å². The third-order valence-corrected chi connectivity index (χ3v) is 7.19. The first kappa shape index (κ1) is 23.0. The van der Waals surface area contributed by atoms with Gasteiger partial charge in [-0.3, -0.25) is 4.79 Å². The van der Waals surface area contributed by atoms with Crippen LogP contribution >= 0.6 is 0 Å². The van der Waals surface area contributed by atoms with Crippen molar-refractivity contribution in [3.8, 4) is 28.3 Å². The molecule has 2 aliphatic rings. The molecule has 2 aromatic carbocycles. The third-order valence-electron chi connectivity index (χ3n) is 7.19. The Bertz CT molecular complexity index is 1300. The molecule has 0 spiro atoms. The Balaban J connectivity index is 1.59. The molecule has 0 radical (unpaired) electrons. The number of anilines is 1. The molecule has 2 N–H and O–H groups in total. The Morgan fingerprint density at radius 2 is 1.77 bits per heavy atom. The highest BCUT2D eigenvalue weighted by atomic mass is 19.1. The maximum atomic E-state index is 14.6. The minimum absolute atomic E-state index is 0.00704. The molecule has 2 fully saturated rings. The summed E-state index contributed by atoms with van der Waals surface area (Å²) in [7, 11) is 3.85. The van der Waals surface area contributed by atoms with Gasteiger partial charge in [0.25, 0.3) is 5.91 Å². The Hall–Kier alpha value is -3.76. The smallest absolute Gasteiger partial charge is 0.254 e. The normalized spacial score (nSPS) is 21.0. The van der Waals surface area contributed by atoms with E-state index in [-0.39, 0.29) is 29.6 Å². The fourth-order valence-electron chi connectivity index (χ4n) is 5.45. The lowest BCUT2D eigenvalue weighted by molar-refractivity contribution is 0.0575. The van der Waals surface area contributed by atoms with Crippen LogP contribution in [0.25, 0.3) is 22.3 Å². The van der Waals surface area contributed by atoms with E-state index in [0.717, 1.165) is 48.2 Å². The van der Waals surface area contributed by atoms with E-state index < -0.39 is 5.82 Å². The molecule has 0 unspecified atom stereocenters. The third kappa shape index (κ3) is 4.26. The molecule has 0 aliphatic carbocycles. The van der Waals surface area contributed by atoms with Crippen LogP contribution in [0.15, 0.2) is 54.7 Å². The number of amides is 1. The second kappa shape index (κ2) is 9.12. The predicted octanol–water partition coefficient (Wildman–Crippen LogP) is 4.59. The topological polar surface area (TPSA) is 86.3 Å². The van der Waals surface area contributed by atoms with E-state index in [4.69, 9.17) is 11.0 Å². The molecule has 3 heterocycles. The second-order valence-electron chi connectivity index (χ2n) is 9.70. The summed E-state index contributed by atoms with van der Waals surface area (Å²) in [6.07, 6.45) is 5.41. The van der Waals surface area contributed by atoms with Gasteiger partial charge in [-0.25, -0.2) is 9.37 Å². The maximum absolute atomic E-state index is 14.6. The molecule has 0 saturated carbocycles. The zero-order valence-corrected chi connectivity index (χ0v) is 19.9. The number of carbonyl (C=O) groups is 1. The summed E-state index contributed by atoms with van der Waals surface area (Å²) in [5.41, 5.74) is 9.78. The molecule has 2 aliphatic heterocycles. The van der Waals surface area contributed by atoms with Crippen LogP contribution in [0.1, 0.15) is 41.6 Å². The van der Waals surface area contributed by atoms with Gasteiger partial charge in [-0.1, -0.05) is 12.1 Å². The first-order valence-corrected chi connectivity index (χ1v) is 11.9. The van der Waals surface area contributed by atoms with Gasteiger partial charge in [0.1, 0.15) is 17.7 Å². The van der Waals surface area contributed by atoms with E-state index in [2.05, 4.69) is 4.98 Å². The molecule has 6 nitrogen and oxygen atoms in total. The van der Waals surface area contributed by atoms with E-state index in [9.17, 15) is 9.18 Å². The summed E-state index contributed by atoms with van der Waals surface area (Å²) in [6, 6.07) is 16.4. The second-order valence-corrected chi connectivity index (χ2v) is 9.70. The highest BCUT2D eigenvalue weighted by molar-refractivity contribution is 5.98. The van der Waals surface area contributed by atoms with Gasteiger partial charge in [-0.05, 0) is 78.8 Å². The molecule has 35 heavy (non-hydrogen) atoms. The fraction of sp³-hybridized carbons (Fsp3) is 0.321. The largest absolute Gasteiger partial charge is 0.363 e. The summed E-state index contributed by atoms with van der Waals surface area (Å²) >= 11 is 0. The van der Waals surface area contributed by atoms with E-state index in [1.54, 1.807) is 12.3 Å². The van der Waals surface area contributed by atoms with Crippen molar-refractivity contribution in [2.45, 2.75) is 43.8 Å². The van der Waals surface area contributed by atoms with Crippen molar-refractivity contribution in [1.82, 2.24) is 9.88 Å². The van der Waals surface area contributed by atoms with Crippen LogP contribution in [-0.2, 0) is 0 Å². The van der Waals surface area contributed by atoms with Gasteiger partial charge in [0.2, 0.25) is 0 Å². The number of nitrogens with zero attached hydrogens (tertiary/aromatic N) is 4. The maximum Gasteiger partial charge on any atom is 0.254 e. The van der Waals surface area contributed by atoms with Crippen molar-refractivity contribution < 1.29 is 9.18 Å². The summed E-state index contributed by atoms with van der Waals surface area (Å²) in [5.74, 6) is 0.231. The van der Waals surface area contributed by atoms with E-state index in [0.29, 0.717) is 11.1 Å². The molecule has 1 amide bonds. The lowest BCUT2D eigenvalue weighted by atomic mass is 9.91. The Kier molecular flexibility index (Phi) is 6.00. The predicted molar refractivity (Wildman–Crippen MR) is 134 cm³/mol. The number of pyridine rings is 1. The number of carbonyl (C=O) groups excluding carboxylic acids is 1.